The van der Waals surface area contributed by atoms with E-state index in [1.165, 1.54) is 24.9 Å². The molecule has 15 heteroatoms. The monoisotopic (exact) mass is 536 g/mol. The molecule has 2 aliphatic rings. The molecule has 0 radical (unpaired) electrons. The van der Waals surface area contributed by atoms with E-state index in [0.717, 1.165) is 16.9 Å². The van der Waals surface area contributed by atoms with Gasteiger partial charge in [0.05, 0.1) is 28.8 Å². The Labute approximate surface area is 220 Å². The summed E-state index contributed by atoms with van der Waals surface area (Å²) in [6.45, 7) is 4.15. The van der Waals surface area contributed by atoms with Gasteiger partial charge >= 0.3 is 11.7 Å². The van der Waals surface area contributed by atoms with Crippen LogP contribution < -0.4 is 4.90 Å². The van der Waals surface area contributed by atoms with E-state index in [0.29, 0.717) is 25.1 Å². The number of carbonyl (C=O) groups is 1. The predicted octanol–water partition coefficient (Wildman–Crippen LogP) is 3.01. The van der Waals surface area contributed by atoms with Gasteiger partial charge in [0, 0.05) is 38.8 Å². The highest BCUT2D eigenvalue weighted by molar-refractivity contribution is 5.78. The summed E-state index contributed by atoms with van der Waals surface area (Å²) >= 11 is 0. The predicted molar refractivity (Wildman–Crippen MR) is 133 cm³/mol. The van der Waals surface area contributed by atoms with Crippen LogP contribution in [0, 0.1) is 46.9 Å². The zero-order valence-electron chi connectivity index (χ0n) is 21.0. The second-order valence-electron chi connectivity index (χ2n) is 9.07. The lowest BCUT2D eigenvalue weighted by Crippen LogP contribution is -2.52. The van der Waals surface area contributed by atoms with Crippen LogP contribution in [-0.4, -0.2) is 73.0 Å². The molecule has 2 amide bonds. The first kappa shape index (κ1) is 25.6. The smallest absolute Gasteiger partial charge is 0.337 e. The minimum Gasteiger partial charge on any atom is -0.337 e. The van der Waals surface area contributed by atoms with E-state index < -0.39 is 22.6 Å². The summed E-state index contributed by atoms with van der Waals surface area (Å²) in [6.07, 6.45) is 2.94. The lowest BCUT2D eigenvalue weighted by atomic mass is 10.0. The molecule has 1 atom stereocenters. The Bertz CT molecular complexity index is 1540. The van der Waals surface area contributed by atoms with Crippen LogP contribution in [-0.2, 0) is 0 Å². The summed E-state index contributed by atoms with van der Waals surface area (Å²) in [5.74, 6) is -1.38. The third-order valence-electron chi connectivity index (χ3n) is 6.64. The Hall–Kier alpha value is -5.00. The number of nitro groups is 1. The van der Waals surface area contributed by atoms with Crippen molar-refractivity contribution in [1.82, 2.24) is 29.7 Å². The Balaban J connectivity index is 1.30. The molecule has 3 aromatic rings. The lowest BCUT2D eigenvalue weighted by Gasteiger charge is -2.37. The first-order valence-corrected chi connectivity index (χ1v) is 12.0. The third kappa shape index (κ3) is 4.72. The highest BCUT2D eigenvalue weighted by Crippen LogP contribution is 2.31. The average molecular weight is 537 g/mol. The first-order valence-electron chi connectivity index (χ1n) is 12.0. The number of anilines is 1. The zero-order chi connectivity index (χ0) is 27.8. The minimum atomic E-state index is -0.789. The number of hydrogen-bond donors (Lipinski definition) is 0. The van der Waals surface area contributed by atoms with Gasteiger partial charge < -0.3 is 9.80 Å². The number of halogens is 2. The van der Waals surface area contributed by atoms with Crippen LogP contribution in [0.3, 0.4) is 0 Å². The van der Waals surface area contributed by atoms with Gasteiger partial charge in [-0.3, -0.25) is 10.1 Å². The van der Waals surface area contributed by atoms with E-state index in [9.17, 15) is 23.7 Å². The number of aromatic nitrogens is 4. The fourth-order valence-electron chi connectivity index (χ4n) is 4.74. The lowest BCUT2D eigenvalue weighted by molar-refractivity contribution is -0.386. The van der Waals surface area contributed by atoms with Crippen molar-refractivity contribution in [2.24, 2.45) is 5.10 Å². The van der Waals surface area contributed by atoms with Crippen molar-refractivity contribution in [2.75, 3.05) is 31.1 Å². The van der Waals surface area contributed by atoms with E-state index in [4.69, 9.17) is 5.26 Å². The number of amides is 2. The highest BCUT2D eigenvalue weighted by Gasteiger charge is 2.34. The molecule has 1 fully saturated rings. The second kappa shape index (κ2) is 10.0. The second-order valence-corrected chi connectivity index (χ2v) is 9.07. The number of nitriles is 1. The summed E-state index contributed by atoms with van der Waals surface area (Å²) in [5.41, 5.74) is 0.692. The minimum absolute atomic E-state index is 0.133. The number of nitrogens with zero attached hydrogens (tertiary/aromatic N) is 10. The molecular weight excluding hydrogens is 514 g/mol. The molecule has 2 aromatic heterocycles. The van der Waals surface area contributed by atoms with Gasteiger partial charge in [0.15, 0.2) is 11.6 Å². The largest absolute Gasteiger partial charge is 0.341 e. The van der Waals surface area contributed by atoms with Crippen LogP contribution in [0.2, 0.25) is 0 Å². The Kier molecular flexibility index (Phi) is 6.60. The van der Waals surface area contributed by atoms with E-state index in [1.807, 2.05) is 6.07 Å². The quantitative estimate of drug-likeness (QED) is 0.365. The van der Waals surface area contributed by atoms with Crippen LogP contribution in [0.4, 0.5) is 25.2 Å². The van der Waals surface area contributed by atoms with E-state index in [1.54, 1.807) is 22.1 Å². The van der Waals surface area contributed by atoms with Crippen molar-refractivity contribution in [2.45, 2.75) is 26.3 Å². The van der Waals surface area contributed by atoms with Crippen molar-refractivity contribution >= 4 is 23.9 Å². The normalized spacial score (nSPS) is 17.0. The van der Waals surface area contributed by atoms with Crippen LogP contribution in [0.5, 0.6) is 0 Å². The Morgan fingerprint density at radius 2 is 1.92 bits per heavy atom. The number of carbonyl (C=O) groups excluding carboxylic acids is 1. The van der Waals surface area contributed by atoms with Gasteiger partial charge in [-0.25, -0.2) is 28.3 Å². The molecule has 0 aliphatic carbocycles. The van der Waals surface area contributed by atoms with Gasteiger partial charge in [0.1, 0.15) is 17.2 Å². The van der Waals surface area contributed by atoms with Crippen molar-refractivity contribution < 1.29 is 18.5 Å². The molecular formula is C24H22F2N10O3. The number of urea groups is 1. The summed E-state index contributed by atoms with van der Waals surface area (Å²) in [5, 5.41) is 30.1. The standard InChI is InChI=1S/C24H22F2N10O3/c1-14-21(36(38)39)15(2)34(31-14)22-19(26)13-28-23(30-22)32-5-7-33(8-6-32)24(37)35-20(3-4-29-35)17-9-16(12-27)10-18(25)11-17/h4,9-11,13,20H,3,5-8H2,1-2H3/t20-/m0/s1. The number of hydrazone groups is 1. The van der Waals surface area contributed by atoms with Crippen LogP contribution in [0.25, 0.3) is 5.82 Å². The van der Waals surface area contributed by atoms with Gasteiger partial charge in [-0.05, 0) is 37.6 Å². The maximum absolute atomic E-state index is 14.6. The molecule has 39 heavy (non-hydrogen) atoms. The SMILES string of the molecule is Cc1nn(-c2nc(N3CCN(C(=O)N4N=CC[C@H]4c4cc(F)cc(C#N)c4)CC3)ncc2F)c(C)c1[N+](=O)[O-]. The zero-order valence-corrected chi connectivity index (χ0v) is 21.0. The highest BCUT2D eigenvalue weighted by atomic mass is 19.1. The van der Waals surface area contributed by atoms with E-state index in [-0.39, 0.29) is 53.5 Å². The molecule has 0 N–H and O–H groups in total. The number of benzene rings is 1. The van der Waals surface area contributed by atoms with Gasteiger partial charge in [-0.1, -0.05) is 0 Å². The molecule has 4 heterocycles. The summed E-state index contributed by atoms with van der Waals surface area (Å²) in [7, 11) is 0. The third-order valence-corrected chi connectivity index (χ3v) is 6.64. The van der Waals surface area contributed by atoms with Crippen LogP contribution in [0.15, 0.2) is 29.5 Å². The molecule has 2 aliphatic heterocycles. The molecule has 1 saturated heterocycles. The average Bonchev–Trinajstić information content (AvgIpc) is 3.52. The number of aryl methyl sites for hydroxylation is 1. The number of rotatable bonds is 4. The van der Waals surface area contributed by atoms with Gasteiger partial charge in [-0.15, -0.1) is 0 Å². The van der Waals surface area contributed by atoms with Crippen molar-refractivity contribution in [3.63, 3.8) is 0 Å². The maximum atomic E-state index is 14.6. The summed E-state index contributed by atoms with van der Waals surface area (Å²) in [6, 6.07) is 4.98. The number of piperazine rings is 1. The number of hydrogen-bond acceptors (Lipinski definition) is 9. The Morgan fingerprint density at radius 3 is 2.59 bits per heavy atom. The maximum Gasteiger partial charge on any atom is 0.341 e. The fourth-order valence-corrected chi connectivity index (χ4v) is 4.74. The van der Waals surface area contributed by atoms with Crippen molar-refractivity contribution in [3.05, 3.63) is 68.7 Å². The van der Waals surface area contributed by atoms with Gasteiger partial charge in [-0.2, -0.15) is 20.4 Å². The molecule has 200 valence electrons. The first-order chi connectivity index (χ1) is 18.7. The van der Waals surface area contributed by atoms with Gasteiger partial charge in [0.2, 0.25) is 5.95 Å². The molecule has 13 nitrogen and oxygen atoms in total. The van der Waals surface area contributed by atoms with E-state index >= 15 is 0 Å². The molecule has 0 unspecified atom stereocenters. The molecule has 1 aromatic carbocycles. The van der Waals surface area contributed by atoms with Crippen molar-refractivity contribution in [1.29, 1.82) is 5.26 Å². The molecule has 0 spiro atoms. The van der Waals surface area contributed by atoms with Crippen LogP contribution in [0.1, 0.15) is 35.0 Å². The Morgan fingerprint density at radius 1 is 1.18 bits per heavy atom. The molecule has 0 bridgehead atoms. The topological polar surface area (TPSA) is 150 Å². The van der Waals surface area contributed by atoms with Crippen molar-refractivity contribution in [3.8, 4) is 11.9 Å². The van der Waals surface area contributed by atoms with Gasteiger partial charge in [0.25, 0.3) is 0 Å². The fraction of sp³-hybridized carbons (Fsp3) is 0.333. The van der Waals surface area contributed by atoms with E-state index in [2.05, 4.69) is 20.2 Å². The molecule has 0 saturated carbocycles. The molecule has 5 rings (SSSR count). The summed E-state index contributed by atoms with van der Waals surface area (Å²) in [4.78, 5) is 35.8. The summed E-state index contributed by atoms with van der Waals surface area (Å²) < 4.78 is 29.7. The van der Waals surface area contributed by atoms with Crippen LogP contribution >= 0.6 is 0 Å².